The molecule has 7 heteroatoms. The molecule has 5 rings (SSSR count). The molecule has 1 aliphatic heterocycles. The van der Waals surface area contributed by atoms with E-state index in [4.69, 9.17) is 9.15 Å². The summed E-state index contributed by atoms with van der Waals surface area (Å²) in [4.78, 5) is 22.8. The molecular weight excluding hydrogens is 452 g/mol. The summed E-state index contributed by atoms with van der Waals surface area (Å²) >= 11 is 0. The molecule has 1 amide bonds. The van der Waals surface area contributed by atoms with E-state index < -0.39 is 0 Å². The summed E-state index contributed by atoms with van der Waals surface area (Å²) in [5.74, 6) is 0.321. The number of nitrogens with zero attached hydrogens (tertiary/aromatic N) is 2. The SMILES string of the molecule is Cc1ccc(CN(CCc2c[nH]c3ccccc23)Cc2nc(C(=O)NC[C@H]3CCCO3)co2)c(C)c1. The third-order valence-corrected chi connectivity index (χ3v) is 6.92. The maximum absolute atomic E-state index is 12.6. The molecule has 0 radical (unpaired) electrons. The van der Waals surface area contributed by atoms with Crippen LogP contribution in [0.5, 0.6) is 0 Å². The van der Waals surface area contributed by atoms with Crippen molar-refractivity contribution in [3.8, 4) is 0 Å². The predicted octanol–water partition coefficient (Wildman–Crippen LogP) is 4.93. The van der Waals surface area contributed by atoms with Gasteiger partial charge in [-0.25, -0.2) is 4.98 Å². The van der Waals surface area contributed by atoms with Crippen molar-refractivity contribution in [1.82, 2.24) is 20.2 Å². The number of amides is 1. The lowest BCUT2D eigenvalue weighted by atomic mass is 10.0. The van der Waals surface area contributed by atoms with Crippen molar-refractivity contribution in [2.45, 2.75) is 52.3 Å². The molecule has 36 heavy (non-hydrogen) atoms. The van der Waals surface area contributed by atoms with E-state index >= 15 is 0 Å². The van der Waals surface area contributed by atoms with Crippen LogP contribution in [0.2, 0.25) is 0 Å². The standard InChI is InChI=1S/C29H34N4O3/c1-20-9-10-23(21(2)14-20)17-33(12-11-22-15-30-26-8-4-3-7-25(22)26)18-28-32-27(19-36-28)29(34)31-16-24-6-5-13-35-24/h3-4,7-10,14-15,19,24,30H,5-6,11-13,16-18H2,1-2H3,(H,31,34)/t24-/m1/s1. The Hall–Kier alpha value is -3.42. The van der Waals surface area contributed by atoms with Crippen LogP contribution in [0.25, 0.3) is 10.9 Å². The molecule has 1 saturated heterocycles. The molecule has 3 heterocycles. The molecule has 0 aliphatic carbocycles. The maximum atomic E-state index is 12.6. The zero-order chi connectivity index (χ0) is 24.9. The number of oxazole rings is 1. The molecule has 2 aromatic carbocycles. The molecule has 188 valence electrons. The molecular formula is C29H34N4O3. The molecule has 0 spiro atoms. The zero-order valence-electron chi connectivity index (χ0n) is 21.0. The Bertz CT molecular complexity index is 1320. The molecule has 1 fully saturated rings. The Morgan fingerprint density at radius 1 is 1.17 bits per heavy atom. The lowest BCUT2D eigenvalue weighted by Crippen LogP contribution is -2.32. The van der Waals surface area contributed by atoms with Gasteiger partial charge in [-0.3, -0.25) is 9.69 Å². The second-order valence-corrected chi connectivity index (χ2v) is 9.72. The summed E-state index contributed by atoms with van der Waals surface area (Å²) in [6.07, 6.45) is 6.57. The number of para-hydroxylation sites is 1. The smallest absolute Gasteiger partial charge is 0.273 e. The minimum Gasteiger partial charge on any atom is -0.447 e. The van der Waals surface area contributed by atoms with E-state index in [0.29, 0.717) is 24.7 Å². The minimum atomic E-state index is -0.222. The van der Waals surface area contributed by atoms with Crippen LogP contribution in [-0.2, 0) is 24.2 Å². The van der Waals surface area contributed by atoms with Crippen LogP contribution in [0, 0.1) is 13.8 Å². The highest BCUT2D eigenvalue weighted by Gasteiger charge is 2.19. The minimum absolute atomic E-state index is 0.0954. The highest BCUT2D eigenvalue weighted by atomic mass is 16.5. The molecule has 0 unspecified atom stereocenters. The molecule has 1 aliphatic rings. The summed E-state index contributed by atoms with van der Waals surface area (Å²) in [5.41, 5.74) is 6.56. The van der Waals surface area contributed by atoms with E-state index in [-0.39, 0.29) is 12.0 Å². The number of ether oxygens (including phenoxy) is 1. The van der Waals surface area contributed by atoms with Gasteiger partial charge in [-0.1, -0.05) is 42.0 Å². The van der Waals surface area contributed by atoms with Crippen LogP contribution < -0.4 is 5.32 Å². The lowest BCUT2D eigenvalue weighted by molar-refractivity contribution is 0.0853. The predicted molar refractivity (Wildman–Crippen MR) is 140 cm³/mol. The Kier molecular flexibility index (Phi) is 7.49. The van der Waals surface area contributed by atoms with Gasteiger partial charge >= 0.3 is 0 Å². The first-order chi connectivity index (χ1) is 17.5. The molecule has 7 nitrogen and oxygen atoms in total. The van der Waals surface area contributed by atoms with Crippen LogP contribution in [0.15, 0.2) is 59.3 Å². The fraction of sp³-hybridized carbons (Fsp3) is 0.379. The molecule has 0 bridgehead atoms. The Labute approximate surface area is 211 Å². The Morgan fingerprint density at radius 2 is 2.06 bits per heavy atom. The number of rotatable bonds is 10. The Morgan fingerprint density at radius 3 is 2.89 bits per heavy atom. The van der Waals surface area contributed by atoms with Crippen LogP contribution >= 0.6 is 0 Å². The summed E-state index contributed by atoms with van der Waals surface area (Å²) < 4.78 is 11.3. The van der Waals surface area contributed by atoms with Crippen molar-refractivity contribution in [2.75, 3.05) is 19.7 Å². The number of carbonyl (C=O) groups excluding carboxylic acids is 1. The van der Waals surface area contributed by atoms with E-state index in [9.17, 15) is 4.79 Å². The van der Waals surface area contributed by atoms with Gasteiger partial charge in [0.1, 0.15) is 6.26 Å². The van der Waals surface area contributed by atoms with Gasteiger partial charge in [-0.2, -0.15) is 0 Å². The second-order valence-electron chi connectivity index (χ2n) is 9.72. The first kappa shape index (κ1) is 24.3. The van der Waals surface area contributed by atoms with Gasteiger partial charge in [0.2, 0.25) is 5.89 Å². The summed E-state index contributed by atoms with van der Waals surface area (Å²) in [6, 6.07) is 15.0. The average Bonchev–Trinajstić information content (AvgIpc) is 3.64. The Balaban J connectivity index is 1.28. The largest absolute Gasteiger partial charge is 0.447 e. The summed E-state index contributed by atoms with van der Waals surface area (Å²) in [5, 5.41) is 4.17. The number of aromatic amines is 1. The number of aryl methyl sites for hydroxylation is 2. The van der Waals surface area contributed by atoms with E-state index in [2.05, 4.69) is 76.6 Å². The number of hydrogen-bond acceptors (Lipinski definition) is 5. The van der Waals surface area contributed by atoms with Gasteiger partial charge in [0.15, 0.2) is 5.69 Å². The van der Waals surface area contributed by atoms with Crippen LogP contribution in [0.4, 0.5) is 0 Å². The highest BCUT2D eigenvalue weighted by molar-refractivity contribution is 5.91. The number of benzene rings is 2. The lowest BCUT2D eigenvalue weighted by Gasteiger charge is -2.22. The number of aromatic nitrogens is 2. The van der Waals surface area contributed by atoms with Crippen molar-refractivity contribution in [3.63, 3.8) is 0 Å². The van der Waals surface area contributed by atoms with Gasteiger partial charge in [0.25, 0.3) is 5.91 Å². The third-order valence-electron chi connectivity index (χ3n) is 6.92. The van der Waals surface area contributed by atoms with Crippen LogP contribution in [0.3, 0.4) is 0 Å². The van der Waals surface area contributed by atoms with Gasteiger partial charge in [0.05, 0.1) is 12.6 Å². The molecule has 0 saturated carbocycles. The fourth-order valence-electron chi connectivity index (χ4n) is 4.88. The van der Waals surface area contributed by atoms with Crippen LogP contribution in [0.1, 0.15) is 51.5 Å². The molecule has 2 N–H and O–H groups in total. The number of carbonyl (C=O) groups is 1. The van der Waals surface area contributed by atoms with E-state index in [1.54, 1.807) is 0 Å². The number of H-pyrrole nitrogens is 1. The topological polar surface area (TPSA) is 83.4 Å². The maximum Gasteiger partial charge on any atom is 0.273 e. The first-order valence-electron chi connectivity index (χ1n) is 12.7. The molecule has 4 aromatic rings. The summed E-state index contributed by atoms with van der Waals surface area (Å²) in [6.45, 7) is 7.67. The van der Waals surface area contributed by atoms with Crippen LogP contribution in [-0.4, -0.2) is 46.6 Å². The van der Waals surface area contributed by atoms with Gasteiger partial charge < -0.3 is 19.5 Å². The van der Waals surface area contributed by atoms with Gasteiger partial charge in [-0.15, -0.1) is 0 Å². The number of fused-ring (bicyclic) bond motifs is 1. The number of nitrogens with one attached hydrogen (secondary N) is 2. The van der Waals surface area contributed by atoms with Crippen molar-refractivity contribution in [2.24, 2.45) is 0 Å². The normalized spacial score (nSPS) is 15.7. The van der Waals surface area contributed by atoms with E-state index in [1.807, 2.05) is 6.07 Å². The third kappa shape index (κ3) is 5.86. The highest BCUT2D eigenvalue weighted by Crippen LogP contribution is 2.20. The van der Waals surface area contributed by atoms with Crippen molar-refractivity contribution in [1.29, 1.82) is 0 Å². The fourth-order valence-corrected chi connectivity index (χ4v) is 4.88. The zero-order valence-corrected chi connectivity index (χ0v) is 21.0. The average molecular weight is 487 g/mol. The van der Waals surface area contributed by atoms with E-state index in [0.717, 1.165) is 44.5 Å². The quantitative estimate of drug-likeness (QED) is 0.332. The number of hydrogen-bond donors (Lipinski definition) is 2. The van der Waals surface area contributed by atoms with Crippen molar-refractivity contribution >= 4 is 16.8 Å². The second kappa shape index (κ2) is 11.1. The molecule has 1 atom stereocenters. The van der Waals surface area contributed by atoms with Gasteiger partial charge in [0, 0.05) is 43.3 Å². The van der Waals surface area contributed by atoms with Gasteiger partial charge in [-0.05, 0) is 55.9 Å². The molecule has 2 aromatic heterocycles. The monoisotopic (exact) mass is 486 g/mol. The first-order valence-corrected chi connectivity index (χ1v) is 12.7. The van der Waals surface area contributed by atoms with Crippen molar-refractivity contribution < 1.29 is 13.9 Å². The summed E-state index contributed by atoms with van der Waals surface area (Å²) in [7, 11) is 0. The van der Waals surface area contributed by atoms with Crippen molar-refractivity contribution in [3.05, 3.63) is 88.8 Å². The van der Waals surface area contributed by atoms with E-state index in [1.165, 1.54) is 33.9 Å².